The van der Waals surface area contributed by atoms with Gasteiger partial charge in [-0.15, -0.1) is 0 Å². The largest absolute Gasteiger partial charge is 0.508 e. The lowest BCUT2D eigenvalue weighted by atomic mass is 10.1. The first-order valence-electron chi connectivity index (χ1n) is 6.01. The number of benzene rings is 1. The summed E-state index contributed by atoms with van der Waals surface area (Å²) in [6.45, 7) is 6.43. The lowest BCUT2D eigenvalue weighted by molar-refractivity contribution is -0.0639. The lowest BCUT2D eigenvalue weighted by Crippen LogP contribution is -2.33. The highest BCUT2D eigenvalue weighted by molar-refractivity contribution is 5.60. The maximum absolute atomic E-state index is 11.2. The Balaban J connectivity index is 2.31. The minimum absolute atomic E-state index is 0.305. The van der Waals surface area contributed by atoms with Gasteiger partial charge in [-0.2, -0.15) is 0 Å². The molecule has 18 heavy (non-hydrogen) atoms. The third-order valence-corrected chi connectivity index (χ3v) is 2.18. The van der Waals surface area contributed by atoms with E-state index in [1.54, 1.807) is 20.8 Å². The first kappa shape index (κ1) is 14.5. The van der Waals surface area contributed by atoms with E-state index in [2.05, 4.69) is 0 Å². The molecule has 1 aromatic carbocycles. The second kappa shape index (κ2) is 7.01. The summed E-state index contributed by atoms with van der Waals surface area (Å²) in [6.07, 6.45) is -0.661. The summed E-state index contributed by atoms with van der Waals surface area (Å²) in [5.74, 6) is 0. The minimum Gasteiger partial charge on any atom is -0.435 e. The Bertz CT molecular complexity index is 359. The van der Waals surface area contributed by atoms with Crippen LogP contribution in [0.15, 0.2) is 30.3 Å². The number of rotatable bonds is 6. The summed E-state index contributed by atoms with van der Waals surface area (Å²) in [6, 6.07) is 9.84. The second-order valence-corrected chi connectivity index (χ2v) is 4.52. The normalized spacial score (nSPS) is 11.1. The Morgan fingerprint density at radius 3 is 2.50 bits per heavy atom. The van der Waals surface area contributed by atoms with Gasteiger partial charge >= 0.3 is 6.16 Å². The fourth-order valence-corrected chi connectivity index (χ4v) is 1.39. The predicted octanol–water partition coefficient (Wildman–Crippen LogP) is 3.15. The van der Waals surface area contributed by atoms with Crippen LogP contribution in [-0.2, 0) is 20.8 Å². The van der Waals surface area contributed by atoms with Crippen molar-refractivity contribution >= 4 is 6.16 Å². The van der Waals surface area contributed by atoms with Gasteiger partial charge in [-0.3, -0.25) is 0 Å². The lowest BCUT2D eigenvalue weighted by Gasteiger charge is -2.24. The first-order chi connectivity index (χ1) is 8.53. The van der Waals surface area contributed by atoms with Crippen molar-refractivity contribution in [1.29, 1.82) is 0 Å². The molecular formula is C14H20O4. The van der Waals surface area contributed by atoms with Crippen LogP contribution in [0.2, 0.25) is 0 Å². The Kier molecular flexibility index (Phi) is 5.65. The van der Waals surface area contributed by atoms with Crippen LogP contribution in [0, 0.1) is 0 Å². The molecule has 0 fully saturated rings. The van der Waals surface area contributed by atoms with Gasteiger partial charge in [0.05, 0.1) is 19.8 Å². The molecule has 0 unspecified atom stereocenters. The van der Waals surface area contributed by atoms with Crippen LogP contribution >= 0.6 is 0 Å². The molecule has 0 amide bonds. The summed E-state index contributed by atoms with van der Waals surface area (Å²) in [7, 11) is 0. The SMILES string of the molecule is CCOC(=O)OC(C)(C)COCc1ccccc1. The predicted molar refractivity (Wildman–Crippen MR) is 68.3 cm³/mol. The summed E-state index contributed by atoms with van der Waals surface area (Å²) in [5, 5.41) is 0. The molecule has 0 aromatic heterocycles. The second-order valence-electron chi connectivity index (χ2n) is 4.52. The number of carbonyl (C=O) groups is 1. The summed E-state index contributed by atoms with van der Waals surface area (Å²) in [5.41, 5.74) is 0.394. The van der Waals surface area contributed by atoms with E-state index < -0.39 is 11.8 Å². The Labute approximate surface area is 108 Å². The fraction of sp³-hybridized carbons (Fsp3) is 0.500. The molecule has 0 N–H and O–H groups in total. The molecule has 0 heterocycles. The number of carbonyl (C=O) groups excluding carboxylic acids is 1. The molecule has 100 valence electrons. The molecule has 1 aromatic rings. The molecule has 0 atom stereocenters. The highest BCUT2D eigenvalue weighted by Crippen LogP contribution is 2.12. The zero-order valence-electron chi connectivity index (χ0n) is 11.1. The van der Waals surface area contributed by atoms with Gasteiger partial charge in [0.15, 0.2) is 0 Å². The van der Waals surface area contributed by atoms with Crippen LogP contribution in [0.4, 0.5) is 4.79 Å². The van der Waals surface area contributed by atoms with Crippen LogP contribution < -0.4 is 0 Å². The topological polar surface area (TPSA) is 44.8 Å². The van der Waals surface area contributed by atoms with Crippen molar-refractivity contribution in [3.8, 4) is 0 Å². The number of hydrogen-bond donors (Lipinski definition) is 0. The van der Waals surface area contributed by atoms with E-state index >= 15 is 0 Å². The molecule has 0 spiro atoms. The maximum atomic E-state index is 11.2. The Morgan fingerprint density at radius 1 is 1.22 bits per heavy atom. The van der Waals surface area contributed by atoms with Crippen molar-refractivity contribution in [1.82, 2.24) is 0 Å². The first-order valence-corrected chi connectivity index (χ1v) is 6.01. The van der Waals surface area contributed by atoms with Gasteiger partial charge in [0.2, 0.25) is 0 Å². The molecule has 4 nitrogen and oxygen atoms in total. The number of hydrogen-bond acceptors (Lipinski definition) is 4. The monoisotopic (exact) mass is 252 g/mol. The zero-order chi connectivity index (χ0) is 13.4. The quantitative estimate of drug-likeness (QED) is 0.729. The summed E-state index contributed by atoms with van der Waals surface area (Å²) >= 11 is 0. The van der Waals surface area contributed by atoms with Crippen molar-refractivity contribution in [2.75, 3.05) is 13.2 Å². The number of ether oxygens (including phenoxy) is 3. The highest BCUT2D eigenvalue weighted by atomic mass is 16.7. The third kappa shape index (κ3) is 5.68. The van der Waals surface area contributed by atoms with Crippen molar-refractivity contribution in [2.24, 2.45) is 0 Å². The van der Waals surface area contributed by atoms with E-state index in [1.807, 2.05) is 30.3 Å². The summed E-state index contributed by atoms with van der Waals surface area (Å²) in [4.78, 5) is 11.2. The van der Waals surface area contributed by atoms with Crippen molar-refractivity contribution in [3.63, 3.8) is 0 Å². The molecule has 0 radical (unpaired) electrons. The minimum atomic E-state index is -0.693. The Morgan fingerprint density at radius 2 is 1.89 bits per heavy atom. The maximum Gasteiger partial charge on any atom is 0.508 e. The van der Waals surface area contributed by atoms with Crippen LogP contribution in [0.25, 0.3) is 0 Å². The van der Waals surface area contributed by atoms with Gasteiger partial charge in [0.1, 0.15) is 5.60 Å². The van der Waals surface area contributed by atoms with Gasteiger partial charge in [-0.1, -0.05) is 30.3 Å². The standard InChI is InChI=1S/C14H20O4/c1-4-17-13(15)18-14(2,3)11-16-10-12-8-6-5-7-9-12/h5-9H,4,10-11H2,1-3H3. The van der Waals surface area contributed by atoms with E-state index in [9.17, 15) is 4.79 Å². The average Bonchev–Trinajstić information content (AvgIpc) is 2.29. The molecule has 0 aliphatic rings. The molecule has 0 saturated heterocycles. The van der Waals surface area contributed by atoms with E-state index in [0.29, 0.717) is 19.8 Å². The van der Waals surface area contributed by atoms with E-state index in [1.165, 1.54) is 0 Å². The van der Waals surface area contributed by atoms with Gasteiger partial charge < -0.3 is 14.2 Å². The van der Waals surface area contributed by atoms with Crippen LogP contribution in [-0.4, -0.2) is 25.0 Å². The molecular weight excluding hydrogens is 232 g/mol. The molecule has 1 rings (SSSR count). The Hall–Kier alpha value is -1.55. The molecule has 0 saturated carbocycles. The highest BCUT2D eigenvalue weighted by Gasteiger charge is 2.24. The zero-order valence-corrected chi connectivity index (χ0v) is 11.1. The van der Waals surface area contributed by atoms with Gasteiger partial charge in [0.25, 0.3) is 0 Å². The van der Waals surface area contributed by atoms with E-state index in [-0.39, 0.29) is 0 Å². The van der Waals surface area contributed by atoms with Crippen LogP contribution in [0.1, 0.15) is 26.3 Å². The van der Waals surface area contributed by atoms with Gasteiger partial charge in [-0.25, -0.2) is 4.79 Å². The van der Waals surface area contributed by atoms with Gasteiger partial charge in [-0.05, 0) is 26.3 Å². The fourth-order valence-electron chi connectivity index (χ4n) is 1.39. The molecule has 4 heteroatoms. The average molecular weight is 252 g/mol. The van der Waals surface area contributed by atoms with Crippen molar-refractivity contribution in [2.45, 2.75) is 33.0 Å². The molecule has 0 bridgehead atoms. The van der Waals surface area contributed by atoms with Crippen molar-refractivity contribution < 1.29 is 19.0 Å². The molecule has 0 aliphatic heterocycles. The van der Waals surface area contributed by atoms with Crippen LogP contribution in [0.5, 0.6) is 0 Å². The van der Waals surface area contributed by atoms with Gasteiger partial charge in [0, 0.05) is 0 Å². The van der Waals surface area contributed by atoms with Crippen molar-refractivity contribution in [3.05, 3.63) is 35.9 Å². The third-order valence-electron chi connectivity index (χ3n) is 2.18. The van der Waals surface area contributed by atoms with E-state index in [4.69, 9.17) is 14.2 Å². The van der Waals surface area contributed by atoms with Crippen LogP contribution in [0.3, 0.4) is 0 Å². The van der Waals surface area contributed by atoms with E-state index in [0.717, 1.165) is 5.56 Å². The summed E-state index contributed by atoms with van der Waals surface area (Å²) < 4.78 is 15.4. The molecule has 0 aliphatic carbocycles. The smallest absolute Gasteiger partial charge is 0.435 e.